The van der Waals surface area contributed by atoms with Gasteiger partial charge < -0.3 is 19.8 Å². The van der Waals surface area contributed by atoms with Gasteiger partial charge in [0, 0.05) is 23.9 Å². The summed E-state index contributed by atoms with van der Waals surface area (Å²) in [7, 11) is 0. The molecule has 2 N–H and O–H groups in total. The van der Waals surface area contributed by atoms with Gasteiger partial charge in [-0.05, 0) is 38.0 Å². The van der Waals surface area contributed by atoms with Crippen LogP contribution < -0.4 is 0 Å². The summed E-state index contributed by atoms with van der Waals surface area (Å²) in [6, 6.07) is 5.16. The minimum atomic E-state index is -0.898. The molecule has 13 heteroatoms. The SMILES string of the molecule is Cc1nc(C(=O)CO)c2sc(C3=C(C(=O)OCc4ccc([N+](=O)[O-])cc4)N4C(=O)[C@H]([C@@H](C)O)[C@H]4C3)cn12. The maximum atomic E-state index is 13.3. The van der Waals surface area contributed by atoms with E-state index in [0.29, 0.717) is 33.1 Å². The lowest BCUT2D eigenvalue weighted by Gasteiger charge is -2.44. The number of non-ortho nitro benzene ring substituents is 1. The first-order valence-corrected chi connectivity index (χ1v) is 12.2. The highest BCUT2D eigenvalue weighted by molar-refractivity contribution is 7.18. The molecule has 3 aromatic rings. The van der Waals surface area contributed by atoms with Gasteiger partial charge in [-0.2, -0.15) is 0 Å². The van der Waals surface area contributed by atoms with Gasteiger partial charge in [0.25, 0.3) is 5.69 Å². The third-order valence-corrected chi connectivity index (χ3v) is 7.80. The van der Waals surface area contributed by atoms with Crippen LogP contribution in [0.3, 0.4) is 0 Å². The van der Waals surface area contributed by atoms with Gasteiger partial charge in [-0.25, -0.2) is 9.78 Å². The monoisotopic (exact) mass is 526 g/mol. The highest BCUT2D eigenvalue weighted by atomic mass is 32.1. The molecule has 4 heterocycles. The number of thiazole rings is 1. The van der Waals surface area contributed by atoms with Crippen molar-refractivity contribution in [1.29, 1.82) is 0 Å². The Hall–Kier alpha value is -3.94. The van der Waals surface area contributed by atoms with E-state index in [9.17, 15) is 34.7 Å². The van der Waals surface area contributed by atoms with E-state index >= 15 is 0 Å². The topological polar surface area (TPSA) is 165 Å². The van der Waals surface area contributed by atoms with E-state index in [-0.39, 0.29) is 29.6 Å². The van der Waals surface area contributed by atoms with Crippen LogP contribution in [0.15, 0.2) is 36.2 Å². The summed E-state index contributed by atoms with van der Waals surface area (Å²) in [5.41, 5.74) is 1.18. The van der Waals surface area contributed by atoms with E-state index < -0.39 is 41.3 Å². The van der Waals surface area contributed by atoms with E-state index in [4.69, 9.17) is 4.74 Å². The molecule has 2 aliphatic rings. The number of β-lactam (4-membered cyclic amide) rings is 1. The van der Waals surface area contributed by atoms with Crippen LogP contribution in [-0.4, -0.2) is 65.8 Å². The molecule has 1 aromatic carbocycles. The lowest BCUT2D eigenvalue weighted by molar-refractivity contribution is -0.384. The number of amides is 1. The number of ketones is 1. The highest BCUT2D eigenvalue weighted by Gasteiger charge is 2.57. The Morgan fingerprint density at radius 2 is 2.03 bits per heavy atom. The number of imidazole rings is 1. The number of benzene rings is 1. The van der Waals surface area contributed by atoms with Gasteiger partial charge in [-0.1, -0.05) is 0 Å². The molecule has 2 aliphatic heterocycles. The predicted molar refractivity (Wildman–Crippen MR) is 129 cm³/mol. The van der Waals surface area contributed by atoms with E-state index in [2.05, 4.69) is 4.98 Å². The first-order chi connectivity index (χ1) is 17.6. The number of esters is 1. The summed E-state index contributed by atoms with van der Waals surface area (Å²) in [6.45, 7) is 2.38. The lowest BCUT2D eigenvalue weighted by atomic mass is 9.83. The molecule has 12 nitrogen and oxygen atoms in total. The Morgan fingerprint density at radius 1 is 1.32 bits per heavy atom. The molecule has 5 rings (SSSR count). The molecule has 0 saturated carbocycles. The van der Waals surface area contributed by atoms with Crippen LogP contribution in [0, 0.1) is 23.0 Å². The molecule has 1 saturated heterocycles. The first kappa shape index (κ1) is 24.7. The maximum absolute atomic E-state index is 13.3. The molecule has 37 heavy (non-hydrogen) atoms. The number of hydrogen-bond donors (Lipinski definition) is 2. The molecule has 0 unspecified atom stereocenters. The van der Waals surface area contributed by atoms with Gasteiger partial charge in [0.05, 0.1) is 27.9 Å². The van der Waals surface area contributed by atoms with Gasteiger partial charge in [-0.15, -0.1) is 11.3 Å². The Morgan fingerprint density at radius 3 is 2.65 bits per heavy atom. The number of Topliss-reactive ketones (excluding diaryl/α,β-unsaturated/α-hetero) is 1. The smallest absolute Gasteiger partial charge is 0.355 e. The van der Waals surface area contributed by atoms with Crippen molar-refractivity contribution in [2.24, 2.45) is 5.92 Å². The number of nitro groups is 1. The summed E-state index contributed by atoms with van der Waals surface area (Å²) in [5, 5.41) is 30.3. The van der Waals surface area contributed by atoms with E-state index in [1.165, 1.54) is 47.4 Å². The van der Waals surface area contributed by atoms with Crippen LogP contribution in [0.2, 0.25) is 0 Å². The normalized spacial score (nSPS) is 19.7. The van der Waals surface area contributed by atoms with E-state index in [1.807, 2.05) is 0 Å². The van der Waals surface area contributed by atoms with Crippen LogP contribution in [0.5, 0.6) is 0 Å². The summed E-state index contributed by atoms with van der Waals surface area (Å²) < 4.78 is 7.19. The van der Waals surface area contributed by atoms with Crippen molar-refractivity contribution < 1.29 is 34.3 Å². The van der Waals surface area contributed by atoms with Crippen LogP contribution in [0.4, 0.5) is 5.69 Å². The minimum Gasteiger partial charge on any atom is -0.456 e. The zero-order valence-electron chi connectivity index (χ0n) is 19.8. The molecule has 3 atom stereocenters. The van der Waals surface area contributed by atoms with Gasteiger partial charge >= 0.3 is 5.97 Å². The molecule has 1 fully saturated rings. The molecule has 0 spiro atoms. The van der Waals surface area contributed by atoms with Gasteiger partial charge in [0.15, 0.2) is 0 Å². The average molecular weight is 527 g/mol. The Balaban J connectivity index is 1.50. The van der Waals surface area contributed by atoms with Crippen LogP contribution in [0.25, 0.3) is 10.4 Å². The highest BCUT2D eigenvalue weighted by Crippen LogP contribution is 2.48. The summed E-state index contributed by atoms with van der Waals surface area (Å²) >= 11 is 1.21. The summed E-state index contributed by atoms with van der Waals surface area (Å²) in [6.07, 6.45) is 1.14. The van der Waals surface area contributed by atoms with Crippen LogP contribution in [0.1, 0.15) is 40.1 Å². The number of carbonyl (C=O) groups excluding carboxylic acids is 3. The van der Waals surface area contributed by atoms with Crippen molar-refractivity contribution in [2.75, 3.05) is 6.61 Å². The maximum Gasteiger partial charge on any atom is 0.355 e. The van der Waals surface area contributed by atoms with Crippen molar-refractivity contribution in [3.05, 3.63) is 68.2 Å². The second kappa shape index (κ2) is 9.18. The van der Waals surface area contributed by atoms with Gasteiger partial charge in [-0.3, -0.25) is 24.1 Å². The van der Waals surface area contributed by atoms with Crippen molar-refractivity contribution in [3.8, 4) is 0 Å². The molecular formula is C24H22N4O8S. The zero-order chi connectivity index (χ0) is 26.6. The lowest BCUT2D eigenvalue weighted by Crippen LogP contribution is -2.61. The summed E-state index contributed by atoms with van der Waals surface area (Å²) in [5.74, 6) is -1.79. The number of nitro benzene ring substituents is 1. The largest absolute Gasteiger partial charge is 0.456 e. The number of fused-ring (bicyclic) bond motifs is 2. The Labute approximate surface area is 213 Å². The molecule has 0 radical (unpaired) electrons. The molecule has 1 amide bonds. The number of nitrogens with zero attached hydrogens (tertiary/aromatic N) is 4. The molecule has 0 bridgehead atoms. The third kappa shape index (κ3) is 4.00. The minimum absolute atomic E-state index is 0.0685. The fourth-order valence-corrected chi connectivity index (χ4v) is 6.04. The Bertz CT molecular complexity index is 1490. The number of aliphatic hydroxyl groups is 2. The zero-order valence-corrected chi connectivity index (χ0v) is 20.6. The van der Waals surface area contributed by atoms with Crippen molar-refractivity contribution >= 4 is 45.1 Å². The number of rotatable bonds is 8. The molecule has 2 aromatic heterocycles. The van der Waals surface area contributed by atoms with E-state index in [0.717, 1.165) is 0 Å². The molecule has 0 aliphatic carbocycles. The number of aliphatic hydroxyl groups excluding tert-OH is 2. The third-order valence-electron chi connectivity index (χ3n) is 6.64. The van der Waals surface area contributed by atoms with Gasteiger partial charge in [0.1, 0.15) is 35.3 Å². The fourth-order valence-electron chi connectivity index (χ4n) is 4.83. The van der Waals surface area contributed by atoms with Crippen LogP contribution >= 0.6 is 11.3 Å². The fraction of sp³-hybridized carbons (Fsp3) is 0.333. The average Bonchev–Trinajstić information content (AvgIpc) is 3.53. The quantitative estimate of drug-likeness (QED) is 0.146. The predicted octanol–water partition coefficient (Wildman–Crippen LogP) is 1.85. The number of aryl methyl sites for hydroxylation is 1. The molecule has 192 valence electrons. The second-order valence-corrected chi connectivity index (χ2v) is 9.96. The van der Waals surface area contributed by atoms with Crippen molar-refractivity contribution in [2.45, 2.75) is 39.0 Å². The van der Waals surface area contributed by atoms with Crippen molar-refractivity contribution in [3.63, 3.8) is 0 Å². The second-order valence-electron chi connectivity index (χ2n) is 8.93. The van der Waals surface area contributed by atoms with E-state index in [1.54, 1.807) is 17.5 Å². The number of carbonyl (C=O) groups is 3. The first-order valence-electron chi connectivity index (χ1n) is 11.4. The van der Waals surface area contributed by atoms with Crippen LogP contribution in [-0.2, 0) is 20.9 Å². The number of aromatic nitrogens is 2. The number of hydrogen-bond acceptors (Lipinski definition) is 10. The standard InChI is InChI=1S/C24H22N4O8S/c1-11(30)19-16-7-15(18-8-26-12(2)25-20(17(31)9-29)23(26)37-18)21(27(16)22(19)32)24(33)36-10-13-3-5-14(6-4-13)28(34)35/h3-6,8,11,16,19,29-30H,7,9-10H2,1-2H3/t11-,16-,19-/m1/s1. The number of ether oxygens (including phenoxy) is 1. The summed E-state index contributed by atoms with van der Waals surface area (Å²) in [4.78, 5) is 55.4. The Kier molecular flexibility index (Phi) is 6.14. The van der Waals surface area contributed by atoms with Gasteiger partial charge in [0.2, 0.25) is 11.7 Å². The van der Waals surface area contributed by atoms with Crippen molar-refractivity contribution in [1.82, 2.24) is 14.3 Å². The molecular weight excluding hydrogens is 504 g/mol.